The monoisotopic (exact) mass is 359 g/mol. The van der Waals surface area contributed by atoms with Crippen LogP contribution < -0.4 is 10.5 Å². The second-order valence-corrected chi connectivity index (χ2v) is 6.58. The number of benzene rings is 1. The average molecular weight is 360 g/mol. The Morgan fingerprint density at radius 1 is 1.40 bits per heavy atom. The maximum Gasteiger partial charge on any atom is 0.264 e. The van der Waals surface area contributed by atoms with E-state index in [1.165, 1.54) is 6.20 Å². The molecule has 0 fully saturated rings. The van der Waals surface area contributed by atoms with Gasteiger partial charge in [0.15, 0.2) is 0 Å². The van der Waals surface area contributed by atoms with Gasteiger partial charge in [0.2, 0.25) is 0 Å². The van der Waals surface area contributed by atoms with Crippen LogP contribution in [0.1, 0.15) is 5.56 Å². The summed E-state index contributed by atoms with van der Waals surface area (Å²) in [4.78, 5) is 3.80. The second-order valence-electron chi connectivity index (χ2n) is 4.08. The Kier molecular flexibility index (Phi) is 3.96. The van der Waals surface area contributed by atoms with Crippen LogP contribution in [0.4, 0.5) is 15.9 Å². The third-order valence-electron chi connectivity index (χ3n) is 2.58. The number of nitrogen functional groups attached to an aromatic ring is 1. The summed E-state index contributed by atoms with van der Waals surface area (Å²) in [6.45, 7) is 1.72. The minimum absolute atomic E-state index is 0.0882. The first-order valence-corrected chi connectivity index (χ1v) is 7.78. The maximum absolute atomic E-state index is 13.3. The highest BCUT2D eigenvalue weighted by molar-refractivity contribution is 9.10. The molecule has 1 aromatic carbocycles. The summed E-state index contributed by atoms with van der Waals surface area (Å²) in [5, 5.41) is 0. The highest BCUT2D eigenvalue weighted by Gasteiger charge is 2.21. The minimum Gasteiger partial charge on any atom is -0.396 e. The Morgan fingerprint density at radius 2 is 2.10 bits per heavy atom. The van der Waals surface area contributed by atoms with E-state index in [1.54, 1.807) is 19.1 Å². The molecule has 0 aliphatic carbocycles. The zero-order chi connectivity index (χ0) is 14.9. The van der Waals surface area contributed by atoms with Crippen molar-refractivity contribution >= 4 is 37.5 Å². The van der Waals surface area contributed by atoms with E-state index in [9.17, 15) is 12.8 Å². The molecular weight excluding hydrogens is 349 g/mol. The van der Waals surface area contributed by atoms with Crippen molar-refractivity contribution in [1.82, 2.24) is 4.98 Å². The Labute approximate surface area is 124 Å². The molecule has 5 nitrogen and oxygen atoms in total. The van der Waals surface area contributed by atoms with E-state index in [4.69, 9.17) is 5.73 Å². The number of hydrogen-bond donors (Lipinski definition) is 2. The molecule has 0 atom stereocenters. The Morgan fingerprint density at radius 3 is 2.75 bits per heavy atom. The molecule has 2 aromatic rings. The second kappa shape index (κ2) is 5.37. The van der Waals surface area contributed by atoms with Gasteiger partial charge in [0.05, 0.1) is 5.69 Å². The average Bonchev–Trinajstić information content (AvgIpc) is 2.36. The first kappa shape index (κ1) is 14.7. The number of nitrogens with two attached hydrogens (primary N) is 1. The largest absolute Gasteiger partial charge is 0.396 e. The van der Waals surface area contributed by atoms with Crippen LogP contribution in [0.5, 0.6) is 0 Å². The van der Waals surface area contributed by atoms with Gasteiger partial charge in [-0.2, -0.15) is 0 Å². The minimum atomic E-state index is -3.91. The van der Waals surface area contributed by atoms with Gasteiger partial charge in [-0.15, -0.1) is 0 Å². The van der Waals surface area contributed by atoms with Crippen LogP contribution in [0.25, 0.3) is 0 Å². The van der Waals surface area contributed by atoms with Gasteiger partial charge in [-0.05, 0) is 46.6 Å². The lowest BCUT2D eigenvalue weighted by Crippen LogP contribution is -2.16. The van der Waals surface area contributed by atoms with Crippen LogP contribution in [0.15, 0.2) is 39.8 Å². The van der Waals surface area contributed by atoms with Gasteiger partial charge in [0.1, 0.15) is 16.5 Å². The van der Waals surface area contributed by atoms with Crippen molar-refractivity contribution in [2.45, 2.75) is 11.8 Å². The molecule has 0 spiro atoms. The number of aryl methyl sites for hydroxylation is 1. The van der Waals surface area contributed by atoms with Gasteiger partial charge in [0.25, 0.3) is 10.0 Å². The van der Waals surface area contributed by atoms with Gasteiger partial charge >= 0.3 is 0 Å². The van der Waals surface area contributed by atoms with Gasteiger partial charge in [-0.3, -0.25) is 4.72 Å². The van der Waals surface area contributed by atoms with Crippen molar-refractivity contribution in [1.29, 1.82) is 0 Å². The number of pyridine rings is 1. The summed E-state index contributed by atoms with van der Waals surface area (Å²) < 4.78 is 40.2. The van der Waals surface area contributed by atoms with Crippen molar-refractivity contribution in [2.24, 2.45) is 0 Å². The van der Waals surface area contributed by atoms with Gasteiger partial charge < -0.3 is 5.73 Å². The SMILES string of the molecule is Cc1cccnc1NS(=O)(=O)c1cc(N)c(F)cc1Br. The highest BCUT2D eigenvalue weighted by Crippen LogP contribution is 2.28. The fraction of sp³-hybridized carbons (Fsp3) is 0.0833. The highest BCUT2D eigenvalue weighted by atomic mass is 79.9. The van der Waals surface area contributed by atoms with Crippen LogP contribution in [-0.4, -0.2) is 13.4 Å². The Bertz CT molecular complexity index is 765. The van der Waals surface area contributed by atoms with Gasteiger partial charge in [-0.1, -0.05) is 6.07 Å². The number of halogens is 2. The molecule has 2 rings (SSSR count). The number of hydrogen-bond acceptors (Lipinski definition) is 4. The summed E-state index contributed by atoms with van der Waals surface area (Å²) in [6, 6.07) is 5.48. The number of sulfonamides is 1. The van der Waals surface area contributed by atoms with Crippen LogP contribution in [0.2, 0.25) is 0 Å². The molecule has 1 aromatic heterocycles. The van der Waals surface area contributed by atoms with E-state index < -0.39 is 15.8 Å². The molecule has 0 aliphatic rings. The quantitative estimate of drug-likeness (QED) is 0.825. The number of nitrogens with zero attached hydrogens (tertiary/aromatic N) is 1. The van der Waals surface area contributed by atoms with Crippen molar-refractivity contribution in [2.75, 3.05) is 10.5 Å². The van der Waals surface area contributed by atoms with Crippen molar-refractivity contribution in [3.63, 3.8) is 0 Å². The standard InChI is InChI=1S/C12H11BrFN3O2S/c1-7-3-2-4-16-12(7)17-20(18,19)11-6-10(15)9(14)5-8(11)13/h2-6H,15H2,1H3,(H,16,17). The van der Waals surface area contributed by atoms with E-state index in [2.05, 4.69) is 25.6 Å². The first-order valence-electron chi connectivity index (χ1n) is 5.50. The number of aromatic nitrogens is 1. The van der Waals surface area contributed by atoms with E-state index in [0.29, 0.717) is 5.56 Å². The molecule has 0 saturated carbocycles. The molecule has 0 bridgehead atoms. The molecule has 0 unspecified atom stereocenters. The predicted molar refractivity (Wildman–Crippen MR) is 78.3 cm³/mol. The zero-order valence-electron chi connectivity index (χ0n) is 10.4. The lowest BCUT2D eigenvalue weighted by Gasteiger charge is -2.11. The molecule has 3 N–H and O–H groups in total. The van der Waals surface area contributed by atoms with E-state index in [-0.39, 0.29) is 20.9 Å². The van der Waals surface area contributed by atoms with Crippen LogP contribution in [-0.2, 0) is 10.0 Å². The number of anilines is 2. The number of rotatable bonds is 3. The van der Waals surface area contributed by atoms with Crippen LogP contribution >= 0.6 is 15.9 Å². The summed E-state index contributed by atoms with van der Waals surface area (Å²) in [5.41, 5.74) is 5.83. The third kappa shape index (κ3) is 2.91. The third-order valence-corrected chi connectivity index (χ3v) is 4.88. The molecule has 20 heavy (non-hydrogen) atoms. The summed E-state index contributed by atoms with van der Waals surface area (Å²) in [7, 11) is -3.91. The zero-order valence-corrected chi connectivity index (χ0v) is 12.8. The van der Waals surface area contributed by atoms with Crippen molar-refractivity contribution < 1.29 is 12.8 Å². The summed E-state index contributed by atoms with van der Waals surface area (Å²) in [6.07, 6.45) is 1.47. The maximum atomic E-state index is 13.3. The molecule has 0 amide bonds. The molecule has 1 heterocycles. The smallest absolute Gasteiger partial charge is 0.264 e. The van der Waals surface area contributed by atoms with Crippen LogP contribution in [0.3, 0.4) is 0 Å². The van der Waals surface area contributed by atoms with E-state index in [1.807, 2.05) is 0 Å². The van der Waals surface area contributed by atoms with E-state index >= 15 is 0 Å². The normalized spacial score (nSPS) is 11.3. The summed E-state index contributed by atoms with van der Waals surface area (Å²) in [5.74, 6) is -0.480. The lowest BCUT2D eigenvalue weighted by molar-refractivity contribution is 0.599. The molecule has 0 saturated heterocycles. The molecule has 0 radical (unpaired) electrons. The Hall–Kier alpha value is -1.67. The first-order chi connectivity index (χ1) is 9.31. The van der Waals surface area contributed by atoms with Gasteiger partial charge in [0, 0.05) is 10.7 Å². The summed E-state index contributed by atoms with van der Waals surface area (Å²) >= 11 is 3.01. The van der Waals surface area contributed by atoms with Gasteiger partial charge in [-0.25, -0.2) is 17.8 Å². The van der Waals surface area contributed by atoms with Crippen molar-refractivity contribution in [3.05, 3.63) is 46.3 Å². The predicted octanol–water partition coefficient (Wildman–Crippen LogP) is 2.67. The molecule has 106 valence electrons. The van der Waals surface area contributed by atoms with Crippen LogP contribution in [0, 0.1) is 12.7 Å². The fourth-order valence-electron chi connectivity index (χ4n) is 1.53. The van der Waals surface area contributed by atoms with E-state index in [0.717, 1.165) is 12.1 Å². The molecule has 8 heteroatoms. The fourth-order valence-corrected chi connectivity index (χ4v) is 3.66. The molecular formula is C12H11BrFN3O2S. The molecule has 0 aliphatic heterocycles. The Balaban J connectivity index is 2.47. The van der Waals surface area contributed by atoms with Crippen molar-refractivity contribution in [3.8, 4) is 0 Å². The lowest BCUT2D eigenvalue weighted by atomic mass is 10.3. The topological polar surface area (TPSA) is 85.1 Å². The number of nitrogens with one attached hydrogen (secondary N) is 1.